The number of carbonyl (C=O) groups excluding carboxylic acids is 5. The molecule has 1 heterocycles. The molecule has 0 aliphatic carbocycles. The van der Waals surface area contributed by atoms with Crippen LogP contribution in [-0.4, -0.2) is 78.5 Å². The molecule has 0 unspecified atom stereocenters. The molecule has 1 aromatic rings. The first-order valence-electron chi connectivity index (χ1n) is 25.5. The van der Waals surface area contributed by atoms with Gasteiger partial charge in [0.05, 0.1) is 0 Å². The molecule has 1 aromatic carbocycles. The maximum absolute atomic E-state index is 14.4. The predicted octanol–water partition coefficient (Wildman–Crippen LogP) is 12.2. The number of amides is 2. The fraction of sp³-hybridized carbons (Fsp3) is 0.788. The Balaban J connectivity index is 2.21. The Morgan fingerprint density at radius 3 is 1.44 bits per heavy atom. The summed E-state index contributed by atoms with van der Waals surface area (Å²) >= 11 is 0. The molecule has 366 valence electrons. The third kappa shape index (κ3) is 26.3. The smallest absolute Gasteiger partial charge is 0.407 e. The number of benzene rings is 1. The van der Waals surface area contributed by atoms with Crippen LogP contribution in [0.3, 0.4) is 0 Å². The van der Waals surface area contributed by atoms with Crippen LogP contribution in [0.1, 0.15) is 220 Å². The summed E-state index contributed by atoms with van der Waals surface area (Å²) in [5.74, 6) is -2.14. The molecular weight excluding hydrogens is 813 g/mol. The lowest BCUT2D eigenvalue weighted by Gasteiger charge is -2.48. The molecule has 1 aliphatic rings. The van der Waals surface area contributed by atoms with E-state index in [1.807, 2.05) is 30.3 Å². The van der Waals surface area contributed by atoms with E-state index in [2.05, 4.69) is 19.2 Å². The summed E-state index contributed by atoms with van der Waals surface area (Å²) in [6.07, 6.45) is 26.6. The van der Waals surface area contributed by atoms with E-state index in [1.54, 1.807) is 4.90 Å². The van der Waals surface area contributed by atoms with E-state index in [9.17, 15) is 24.0 Å². The van der Waals surface area contributed by atoms with Crippen molar-refractivity contribution in [1.29, 1.82) is 0 Å². The first-order valence-corrected chi connectivity index (χ1v) is 25.5. The third-order valence-corrected chi connectivity index (χ3v) is 12.1. The SMILES string of the molecule is CCCCCCCCCCCCCCCCCC(=O)N(CCCCCCCCCCCCCC)[C@@H]1O[C@H](COC(C)=O)[C@@H](OC(C)=O)[C@H](OC(C)=O)[C@H]1NC(=O)OCc1ccccc1. The molecule has 0 saturated carbocycles. The standard InChI is InChI=1S/C52H88N2O10/c1-6-8-10-12-14-16-18-20-21-22-23-25-27-29-34-38-47(58)54(39-35-30-28-26-24-19-17-15-13-11-9-7-2)51-48(53-52(59)61-40-45-36-32-31-33-37-45)50(63-44(5)57)49(62-43(4)56)46(64-51)41-60-42(3)55/h31-33,36-37,46,48-51H,6-30,34-35,38-41H2,1-5H3,(H,53,59)/t46-,48-,49-,50-,51-/m1/s1. The monoisotopic (exact) mass is 901 g/mol. The van der Waals surface area contributed by atoms with E-state index in [4.69, 9.17) is 23.7 Å². The van der Waals surface area contributed by atoms with Gasteiger partial charge in [-0.3, -0.25) is 19.2 Å². The Hall–Kier alpha value is -3.67. The van der Waals surface area contributed by atoms with Gasteiger partial charge in [0.25, 0.3) is 0 Å². The second-order valence-electron chi connectivity index (χ2n) is 17.9. The highest BCUT2D eigenvalue weighted by Gasteiger charge is 2.53. The van der Waals surface area contributed by atoms with Crippen molar-refractivity contribution < 1.29 is 47.7 Å². The number of ether oxygens (including phenoxy) is 5. The Morgan fingerprint density at radius 1 is 0.547 bits per heavy atom. The molecule has 1 saturated heterocycles. The molecule has 12 heteroatoms. The molecule has 0 spiro atoms. The molecule has 5 atom stereocenters. The van der Waals surface area contributed by atoms with Crippen LogP contribution in [-0.2, 0) is 49.5 Å². The lowest BCUT2D eigenvalue weighted by atomic mass is 9.94. The minimum absolute atomic E-state index is 0.0354. The van der Waals surface area contributed by atoms with Crippen molar-refractivity contribution in [3.8, 4) is 0 Å². The molecule has 1 aliphatic heterocycles. The summed E-state index contributed by atoms with van der Waals surface area (Å²) in [5, 5.41) is 2.83. The Morgan fingerprint density at radius 2 is 0.984 bits per heavy atom. The normalized spacial score (nSPS) is 18.2. The summed E-state index contributed by atoms with van der Waals surface area (Å²) < 4.78 is 29.1. The minimum atomic E-state index is -1.31. The average Bonchev–Trinajstić information content (AvgIpc) is 3.26. The van der Waals surface area contributed by atoms with Crippen LogP contribution < -0.4 is 5.32 Å². The van der Waals surface area contributed by atoms with Gasteiger partial charge in [-0.25, -0.2) is 4.79 Å². The summed E-state index contributed by atoms with van der Waals surface area (Å²) in [4.78, 5) is 66.9. The van der Waals surface area contributed by atoms with Gasteiger partial charge < -0.3 is 33.9 Å². The summed E-state index contributed by atoms with van der Waals surface area (Å²) in [7, 11) is 0. The van der Waals surface area contributed by atoms with Crippen molar-refractivity contribution in [3.63, 3.8) is 0 Å². The Labute approximate surface area is 387 Å². The Kier molecular flexibility index (Phi) is 32.2. The van der Waals surface area contributed by atoms with Crippen LogP contribution >= 0.6 is 0 Å². The fourth-order valence-corrected chi connectivity index (χ4v) is 8.55. The van der Waals surface area contributed by atoms with Gasteiger partial charge >= 0.3 is 24.0 Å². The highest BCUT2D eigenvalue weighted by Crippen LogP contribution is 2.31. The van der Waals surface area contributed by atoms with Gasteiger partial charge in [0.1, 0.15) is 25.4 Å². The van der Waals surface area contributed by atoms with Gasteiger partial charge in [0.2, 0.25) is 5.91 Å². The van der Waals surface area contributed by atoms with Gasteiger partial charge in [-0.05, 0) is 18.4 Å². The van der Waals surface area contributed by atoms with Crippen molar-refractivity contribution in [1.82, 2.24) is 10.2 Å². The molecule has 2 rings (SSSR count). The number of rotatable bonds is 37. The van der Waals surface area contributed by atoms with E-state index in [-0.39, 0.29) is 25.5 Å². The molecular formula is C52H88N2O10. The molecule has 0 aromatic heterocycles. The number of hydrogen-bond donors (Lipinski definition) is 1. The molecule has 12 nitrogen and oxygen atoms in total. The second kappa shape index (κ2) is 36.5. The van der Waals surface area contributed by atoms with Gasteiger partial charge in [-0.2, -0.15) is 0 Å². The van der Waals surface area contributed by atoms with E-state index < -0.39 is 54.6 Å². The van der Waals surface area contributed by atoms with Crippen LogP contribution in [0.15, 0.2) is 30.3 Å². The van der Waals surface area contributed by atoms with Crippen molar-refractivity contribution in [2.45, 2.75) is 252 Å². The van der Waals surface area contributed by atoms with E-state index in [0.29, 0.717) is 19.4 Å². The molecule has 64 heavy (non-hydrogen) atoms. The first-order chi connectivity index (χ1) is 31.1. The quantitative estimate of drug-likeness (QED) is 0.0389. The van der Waals surface area contributed by atoms with E-state index in [1.165, 1.54) is 143 Å². The van der Waals surface area contributed by atoms with Crippen molar-refractivity contribution in [3.05, 3.63) is 35.9 Å². The minimum Gasteiger partial charge on any atom is -0.463 e. The maximum Gasteiger partial charge on any atom is 0.407 e. The predicted molar refractivity (Wildman–Crippen MR) is 252 cm³/mol. The number of carbonyl (C=O) groups is 5. The van der Waals surface area contributed by atoms with Gasteiger partial charge in [0.15, 0.2) is 18.4 Å². The zero-order valence-electron chi connectivity index (χ0n) is 40.7. The maximum atomic E-state index is 14.4. The lowest BCUT2D eigenvalue weighted by molar-refractivity contribution is -0.245. The second-order valence-corrected chi connectivity index (χ2v) is 17.9. The van der Waals surface area contributed by atoms with Crippen LogP contribution in [0.2, 0.25) is 0 Å². The van der Waals surface area contributed by atoms with Gasteiger partial charge in [0, 0.05) is 33.7 Å². The zero-order valence-corrected chi connectivity index (χ0v) is 40.7. The Bertz CT molecular complexity index is 1390. The van der Waals surface area contributed by atoms with Crippen LogP contribution in [0.4, 0.5) is 4.79 Å². The van der Waals surface area contributed by atoms with Crippen LogP contribution in [0.25, 0.3) is 0 Å². The molecule has 1 N–H and O–H groups in total. The number of nitrogens with zero attached hydrogens (tertiary/aromatic N) is 1. The number of unbranched alkanes of at least 4 members (excludes halogenated alkanes) is 25. The topological polar surface area (TPSA) is 147 Å². The zero-order chi connectivity index (χ0) is 46.6. The highest BCUT2D eigenvalue weighted by atomic mass is 16.6. The number of nitrogens with one attached hydrogen (secondary N) is 1. The summed E-state index contributed by atoms with van der Waals surface area (Å²) in [6, 6.07) is 7.98. The summed E-state index contributed by atoms with van der Waals surface area (Å²) in [5.41, 5.74) is 0.761. The van der Waals surface area contributed by atoms with Gasteiger partial charge in [-0.1, -0.05) is 205 Å². The van der Waals surface area contributed by atoms with Crippen LogP contribution in [0.5, 0.6) is 0 Å². The first kappa shape index (κ1) is 56.5. The number of esters is 3. The fourth-order valence-electron chi connectivity index (χ4n) is 8.55. The molecule has 0 radical (unpaired) electrons. The largest absolute Gasteiger partial charge is 0.463 e. The number of alkyl carbamates (subject to hydrolysis) is 1. The molecule has 2 amide bonds. The number of hydrogen-bond acceptors (Lipinski definition) is 10. The molecule has 0 bridgehead atoms. The van der Waals surface area contributed by atoms with Gasteiger partial charge in [-0.15, -0.1) is 0 Å². The van der Waals surface area contributed by atoms with E-state index in [0.717, 1.165) is 44.1 Å². The molecule has 1 fully saturated rings. The van der Waals surface area contributed by atoms with Crippen LogP contribution in [0, 0.1) is 0 Å². The highest BCUT2D eigenvalue weighted by molar-refractivity contribution is 5.77. The van der Waals surface area contributed by atoms with E-state index >= 15 is 0 Å². The van der Waals surface area contributed by atoms with Crippen molar-refractivity contribution >= 4 is 29.9 Å². The average molecular weight is 901 g/mol. The third-order valence-electron chi connectivity index (χ3n) is 12.1. The van der Waals surface area contributed by atoms with Crippen molar-refractivity contribution in [2.24, 2.45) is 0 Å². The summed E-state index contributed by atoms with van der Waals surface area (Å²) in [6.45, 7) is 8.11. The van der Waals surface area contributed by atoms with Crippen molar-refractivity contribution in [2.75, 3.05) is 13.2 Å². The lowest BCUT2D eigenvalue weighted by Crippen LogP contribution is -2.70.